The maximum Gasteiger partial charge on any atom is 0.223 e. The lowest BCUT2D eigenvalue weighted by Gasteiger charge is -2.35. The number of nitrogens with zero attached hydrogens (tertiary/aromatic N) is 3. The highest BCUT2D eigenvalue weighted by Gasteiger charge is 2.26. The fourth-order valence-electron chi connectivity index (χ4n) is 2.45. The predicted octanol–water partition coefficient (Wildman–Crippen LogP) is 1.03. The molecule has 0 saturated carbocycles. The standard InChI is InChI=1S/C13H18N4O2S/c1-2-9-5-10-11(15-13(14)16-12(10)20-9)17-3-4-19-7-8(17)6-18/h5,8,18H,2-4,6-7H2,1H3,(H2,14,15,16). The Morgan fingerprint density at radius 1 is 1.55 bits per heavy atom. The van der Waals surface area contributed by atoms with Crippen molar-refractivity contribution >= 4 is 33.3 Å². The third kappa shape index (κ3) is 2.32. The van der Waals surface area contributed by atoms with Gasteiger partial charge >= 0.3 is 0 Å². The van der Waals surface area contributed by atoms with Gasteiger partial charge in [-0.15, -0.1) is 11.3 Å². The Kier molecular flexibility index (Phi) is 3.73. The van der Waals surface area contributed by atoms with E-state index in [9.17, 15) is 5.11 Å². The van der Waals surface area contributed by atoms with Gasteiger partial charge in [-0.1, -0.05) is 6.92 Å². The second kappa shape index (κ2) is 5.51. The van der Waals surface area contributed by atoms with E-state index in [-0.39, 0.29) is 18.6 Å². The SMILES string of the molecule is CCc1cc2c(N3CCOCC3CO)nc(N)nc2s1. The minimum Gasteiger partial charge on any atom is -0.394 e. The molecule has 1 fully saturated rings. The van der Waals surface area contributed by atoms with Crippen LogP contribution in [0.1, 0.15) is 11.8 Å². The third-order valence-corrected chi connectivity index (χ3v) is 4.67. The predicted molar refractivity (Wildman–Crippen MR) is 80.2 cm³/mol. The quantitative estimate of drug-likeness (QED) is 0.879. The number of aliphatic hydroxyl groups excluding tert-OH is 1. The van der Waals surface area contributed by atoms with Crippen LogP contribution >= 0.6 is 11.3 Å². The van der Waals surface area contributed by atoms with Crippen molar-refractivity contribution in [3.8, 4) is 0 Å². The van der Waals surface area contributed by atoms with Crippen molar-refractivity contribution in [2.45, 2.75) is 19.4 Å². The van der Waals surface area contributed by atoms with Gasteiger partial charge in [0.05, 0.1) is 31.2 Å². The zero-order valence-electron chi connectivity index (χ0n) is 11.4. The number of aromatic nitrogens is 2. The summed E-state index contributed by atoms with van der Waals surface area (Å²) in [7, 11) is 0. The van der Waals surface area contributed by atoms with Gasteiger partial charge in [-0.2, -0.15) is 4.98 Å². The van der Waals surface area contributed by atoms with E-state index in [4.69, 9.17) is 10.5 Å². The van der Waals surface area contributed by atoms with E-state index < -0.39 is 0 Å². The molecule has 0 spiro atoms. The zero-order chi connectivity index (χ0) is 14.1. The average molecular weight is 294 g/mol. The van der Waals surface area contributed by atoms with E-state index in [1.807, 2.05) is 0 Å². The van der Waals surface area contributed by atoms with Crippen LogP contribution in [-0.2, 0) is 11.2 Å². The zero-order valence-corrected chi connectivity index (χ0v) is 12.2. The molecular formula is C13H18N4O2S. The molecule has 0 aliphatic carbocycles. The summed E-state index contributed by atoms with van der Waals surface area (Å²) in [5.41, 5.74) is 5.83. The molecule has 0 amide bonds. The molecule has 1 saturated heterocycles. The molecule has 2 aromatic rings. The molecule has 3 heterocycles. The van der Waals surface area contributed by atoms with Crippen LogP contribution in [0.3, 0.4) is 0 Å². The number of rotatable bonds is 3. The summed E-state index contributed by atoms with van der Waals surface area (Å²) in [5.74, 6) is 1.09. The largest absolute Gasteiger partial charge is 0.394 e. The second-order valence-electron chi connectivity index (χ2n) is 4.80. The minimum atomic E-state index is -0.0776. The normalized spacial score (nSPS) is 19.7. The van der Waals surface area contributed by atoms with Gasteiger partial charge in [0.25, 0.3) is 0 Å². The summed E-state index contributed by atoms with van der Waals surface area (Å²) in [6.45, 7) is 4.00. The number of hydrogen-bond acceptors (Lipinski definition) is 7. The van der Waals surface area contributed by atoms with Gasteiger partial charge in [0.2, 0.25) is 5.95 Å². The molecule has 1 aliphatic heterocycles. The number of hydrogen-bond donors (Lipinski definition) is 2. The number of nitrogens with two attached hydrogens (primary N) is 1. The number of thiophene rings is 1. The molecule has 0 aromatic carbocycles. The van der Waals surface area contributed by atoms with E-state index in [1.165, 1.54) is 4.88 Å². The van der Waals surface area contributed by atoms with Crippen LogP contribution < -0.4 is 10.6 Å². The molecule has 108 valence electrons. The first-order chi connectivity index (χ1) is 9.72. The Morgan fingerprint density at radius 2 is 2.40 bits per heavy atom. The van der Waals surface area contributed by atoms with Crippen molar-refractivity contribution in [1.82, 2.24) is 9.97 Å². The molecule has 3 N–H and O–H groups in total. The van der Waals surface area contributed by atoms with Crippen LogP contribution in [0.4, 0.5) is 11.8 Å². The molecule has 3 rings (SSSR count). The van der Waals surface area contributed by atoms with Crippen LogP contribution in [-0.4, -0.2) is 47.5 Å². The summed E-state index contributed by atoms with van der Waals surface area (Å²) in [5, 5.41) is 10.5. The molecular weight excluding hydrogens is 276 g/mol. The lowest BCUT2D eigenvalue weighted by molar-refractivity contribution is 0.0724. The van der Waals surface area contributed by atoms with Crippen LogP contribution in [0.25, 0.3) is 10.2 Å². The van der Waals surface area contributed by atoms with E-state index in [1.54, 1.807) is 11.3 Å². The highest BCUT2D eigenvalue weighted by molar-refractivity contribution is 7.18. The molecule has 6 nitrogen and oxygen atoms in total. The molecule has 0 radical (unpaired) electrons. The lowest BCUT2D eigenvalue weighted by atomic mass is 10.2. The molecule has 0 bridgehead atoms. The molecule has 7 heteroatoms. The van der Waals surface area contributed by atoms with Crippen LogP contribution in [0, 0.1) is 0 Å². The smallest absolute Gasteiger partial charge is 0.223 e. The number of nitrogen functional groups attached to an aromatic ring is 1. The average Bonchev–Trinajstić information content (AvgIpc) is 2.89. The van der Waals surface area contributed by atoms with Crippen molar-refractivity contribution < 1.29 is 9.84 Å². The van der Waals surface area contributed by atoms with Gasteiger partial charge in [-0.3, -0.25) is 0 Å². The molecule has 1 atom stereocenters. The van der Waals surface area contributed by atoms with Gasteiger partial charge in [-0.05, 0) is 12.5 Å². The Bertz CT molecular complexity index is 616. The number of aliphatic hydroxyl groups is 1. The molecule has 1 unspecified atom stereocenters. The van der Waals surface area contributed by atoms with Crippen molar-refractivity contribution in [3.63, 3.8) is 0 Å². The first-order valence-corrected chi connectivity index (χ1v) is 7.55. The van der Waals surface area contributed by atoms with E-state index in [0.717, 1.165) is 22.5 Å². The van der Waals surface area contributed by atoms with E-state index in [0.29, 0.717) is 19.8 Å². The Balaban J connectivity index is 2.11. The first-order valence-electron chi connectivity index (χ1n) is 6.74. The summed E-state index contributed by atoms with van der Waals surface area (Å²) < 4.78 is 5.42. The summed E-state index contributed by atoms with van der Waals surface area (Å²) in [6.07, 6.45) is 0.965. The van der Waals surface area contributed by atoms with Gasteiger partial charge < -0.3 is 20.5 Å². The highest BCUT2D eigenvalue weighted by atomic mass is 32.1. The Hall–Kier alpha value is -1.44. The maximum atomic E-state index is 9.52. The van der Waals surface area contributed by atoms with Crippen molar-refractivity contribution in [3.05, 3.63) is 10.9 Å². The Labute approximate surface area is 121 Å². The second-order valence-corrected chi connectivity index (χ2v) is 5.91. The number of anilines is 2. The fourth-order valence-corrected chi connectivity index (χ4v) is 3.42. The van der Waals surface area contributed by atoms with Crippen LogP contribution in [0.15, 0.2) is 6.07 Å². The molecule has 20 heavy (non-hydrogen) atoms. The molecule has 1 aliphatic rings. The van der Waals surface area contributed by atoms with Crippen molar-refractivity contribution in [1.29, 1.82) is 0 Å². The van der Waals surface area contributed by atoms with E-state index in [2.05, 4.69) is 27.9 Å². The van der Waals surface area contributed by atoms with Gasteiger partial charge in [0, 0.05) is 11.4 Å². The van der Waals surface area contributed by atoms with E-state index >= 15 is 0 Å². The lowest BCUT2D eigenvalue weighted by Crippen LogP contribution is -2.48. The van der Waals surface area contributed by atoms with Gasteiger partial charge in [0.15, 0.2) is 0 Å². The highest BCUT2D eigenvalue weighted by Crippen LogP contribution is 2.33. The monoisotopic (exact) mass is 294 g/mol. The maximum absolute atomic E-state index is 9.52. The molecule has 2 aromatic heterocycles. The van der Waals surface area contributed by atoms with Crippen LogP contribution in [0.5, 0.6) is 0 Å². The summed E-state index contributed by atoms with van der Waals surface area (Å²) in [6, 6.07) is 2.05. The number of ether oxygens (including phenoxy) is 1. The van der Waals surface area contributed by atoms with Gasteiger partial charge in [0.1, 0.15) is 10.6 Å². The summed E-state index contributed by atoms with van der Waals surface area (Å²) >= 11 is 1.65. The minimum absolute atomic E-state index is 0.0379. The van der Waals surface area contributed by atoms with Gasteiger partial charge in [-0.25, -0.2) is 4.98 Å². The third-order valence-electron chi connectivity index (χ3n) is 3.50. The number of aryl methyl sites for hydroxylation is 1. The topological polar surface area (TPSA) is 84.5 Å². The fraction of sp³-hybridized carbons (Fsp3) is 0.538. The van der Waals surface area contributed by atoms with Crippen LogP contribution in [0.2, 0.25) is 0 Å². The Morgan fingerprint density at radius 3 is 3.15 bits per heavy atom. The number of fused-ring (bicyclic) bond motifs is 1. The van der Waals surface area contributed by atoms with Crippen molar-refractivity contribution in [2.24, 2.45) is 0 Å². The first kappa shape index (κ1) is 13.5. The number of morpholine rings is 1. The van der Waals surface area contributed by atoms with Crippen molar-refractivity contribution in [2.75, 3.05) is 37.0 Å². The summed E-state index contributed by atoms with van der Waals surface area (Å²) in [4.78, 5) is 13.0.